The van der Waals surface area contributed by atoms with Crippen LogP contribution in [0.25, 0.3) is 63.5 Å². The van der Waals surface area contributed by atoms with Crippen molar-refractivity contribution >= 4 is 63.5 Å². The predicted molar refractivity (Wildman–Crippen MR) is 120 cm³/mol. The molecule has 0 aliphatic rings. The van der Waals surface area contributed by atoms with Gasteiger partial charge in [0.25, 0.3) is 11.1 Å². The monoisotopic (exact) mass is 377 g/mol. The van der Waals surface area contributed by atoms with E-state index in [1.54, 1.807) is 25.4 Å². The largest absolute Gasteiger partial charge is 0.297 e. The van der Waals surface area contributed by atoms with Crippen LogP contribution in [0.5, 0.6) is 0 Å². The smallest absolute Gasteiger partial charge is 0.279 e. The van der Waals surface area contributed by atoms with E-state index in [2.05, 4.69) is 26.3 Å². The molecule has 4 heterocycles. The highest BCUT2D eigenvalue weighted by atomic mass is 16.1. The maximum absolute atomic E-state index is 13.3. The molecule has 0 saturated carbocycles. The molecule has 2 aromatic carbocycles. The van der Waals surface area contributed by atoms with Crippen LogP contribution in [0.2, 0.25) is 0 Å². The summed E-state index contributed by atoms with van der Waals surface area (Å²) in [6.07, 6.45) is 3.40. The van der Waals surface area contributed by atoms with Gasteiger partial charge in [-0.15, -0.1) is 0 Å². The molecular formula is C24H15N3O2. The van der Waals surface area contributed by atoms with Gasteiger partial charge in [0.15, 0.2) is 0 Å². The summed E-state index contributed by atoms with van der Waals surface area (Å²) in [4.78, 5) is 26.5. The van der Waals surface area contributed by atoms with E-state index in [0.29, 0.717) is 5.69 Å². The summed E-state index contributed by atoms with van der Waals surface area (Å²) in [6, 6.07) is 9.82. The lowest BCUT2D eigenvalue weighted by atomic mass is 10.1. The molecule has 5 heteroatoms. The van der Waals surface area contributed by atoms with Crippen molar-refractivity contribution in [1.82, 2.24) is 13.2 Å². The highest BCUT2D eigenvalue weighted by Gasteiger charge is 2.25. The molecule has 0 N–H and O–H groups in total. The van der Waals surface area contributed by atoms with E-state index < -0.39 is 0 Å². The van der Waals surface area contributed by atoms with Crippen molar-refractivity contribution < 1.29 is 0 Å². The minimum atomic E-state index is -0.302. The molecule has 138 valence electrons. The molecule has 0 amide bonds. The Bertz CT molecular complexity index is 1910. The molecule has 0 spiro atoms. The second kappa shape index (κ2) is 4.83. The lowest BCUT2D eigenvalue weighted by Gasteiger charge is -2.11. The summed E-state index contributed by atoms with van der Waals surface area (Å²) >= 11 is 0. The Labute approximate surface area is 163 Å². The van der Waals surface area contributed by atoms with Gasteiger partial charge >= 0.3 is 0 Å². The molecule has 0 aliphatic carbocycles. The first kappa shape index (κ1) is 15.9. The minimum absolute atomic E-state index is 0.190. The summed E-state index contributed by atoms with van der Waals surface area (Å²) in [5, 5.41) is 3.18. The molecule has 0 atom stereocenters. The van der Waals surface area contributed by atoms with Crippen LogP contribution in [-0.2, 0) is 0 Å². The van der Waals surface area contributed by atoms with E-state index in [-0.39, 0.29) is 21.8 Å². The fraction of sp³-hybridized carbons (Fsp3) is 0. The van der Waals surface area contributed by atoms with Gasteiger partial charge < -0.3 is 0 Å². The number of hydrogen-bond donors (Lipinski definition) is 0. The Morgan fingerprint density at radius 3 is 2.07 bits per heavy atom. The van der Waals surface area contributed by atoms with Gasteiger partial charge in [0.05, 0.1) is 27.8 Å². The topological polar surface area (TPSA) is 47.4 Å². The van der Waals surface area contributed by atoms with Crippen LogP contribution < -0.4 is 21.8 Å². The fourth-order valence-electron chi connectivity index (χ4n) is 4.84. The molecule has 0 fully saturated rings. The summed E-state index contributed by atoms with van der Waals surface area (Å²) in [6.45, 7) is 15.8. The highest BCUT2D eigenvalue weighted by molar-refractivity contribution is 6.22. The molecule has 5 nitrogen and oxygen atoms in total. The van der Waals surface area contributed by atoms with Gasteiger partial charge in [-0.3, -0.25) is 22.8 Å². The normalized spacial score (nSPS) is 12.3. The van der Waals surface area contributed by atoms with Crippen molar-refractivity contribution in [3.63, 3.8) is 0 Å². The van der Waals surface area contributed by atoms with Crippen molar-refractivity contribution in [3.8, 4) is 0 Å². The third-order valence-electron chi connectivity index (χ3n) is 6.00. The Balaban J connectivity index is 2.24. The van der Waals surface area contributed by atoms with Gasteiger partial charge in [0.2, 0.25) is 0 Å². The van der Waals surface area contributed by atoms with E-state index in [1.165, 1.54) is 0 Å². The number of nitrogens with zero attached hydrogens (tertiary/aromatic N) is 3. The van der Waals surface area contributed by atoms with E-state index in [0.717, 1.165) is 43.8 Å². The number of benzene rings is 2. The average molecular weight is 377 g/mol. The Kier molecular flexibility index (Phi) is 2.65. The standard InChI is InChI=1S/C24H15N3O2/c1-5-14-16-11-17-15-9-7-8-10-19(15)27-21(17)22-20(16)26(18(14)6-2)23(28)12(3)25(22)13(4)24(27)29/h5-11H,1-4H2. The lowest BCUT2D eigenvalue weighted by Crippen LogP contribution is -2.46. The summed E-state index contributed by atoms with van der Waals surface area (Å²) in [5.74, 6) is 0. The predicted octanol–water partition coefficient (Wildman–Crippen LogP) is 2.45. The molecule has 0 saturated heterocycles. The van der Waals surface area contributed by atoms with Crippen molar-refractivity contribution in [2.45, 2.75) is 0 Å². The first-order chi connectivity index (χ1) is 14.0. The van der Waals surface area contributed by atoms with Gasteiger partial charge in [-0.25, -0.2) is 0 Å². The van der Waals surface area contributed by atoms with E-state index in [1.807, 2.05) is 30.3 Å². The third-order valence-corrected chi connectivity index (χ3v) is 6.00. The van der Waals surface area contributed by atoms with E-state index in [4.69, 9.17) is 0 Å². The number of fused-ring (bicyclic) bond motifs is 3. The SMILES string of the molecule is C=Cc1c(C=C)n2c(=O)c(=C)n3c(=C)c(=O)n4c5ccccc5c5cc1c2c3c54. The van der Waals surface area contributed by atoms with E-state index >= 15 is 0 Å². The number of hydrogen-bond acceptors (Lipinski definition) is 2. The molecule has 6 rings (SSSR count). The van der Waals surface area contributed by atoms with Crippen molar-refractivity contribution in [1.29, 1.82) is 0 Å². The Hall–Kier alpha value is -4.12. The van der Waals surface area contributed by atoms with Crippen LogP contribution in [0.15, 0.2) is 53.1 Å². The maximum atomic E-state index is 13.3. The Morgan fingerprint density at radius 2 is 1.38 bits per heavy atom. The summed E-state index contributed by atoms with van der Waals surface area (Å²) in [5.41, 5.74) is 3.98. The van der Waals surface area contributed by atoms with Gasteiger partial charge in [-0.1, -0.05) is 50.6 Å². The molecule has 0 aliphatic heterocycles. The second-order valence-electron chi connectivity index (χ2n) is 7.25. The Morgan fingerprint density at radius 1 is 0.724 bits per heavy atom. The van der Waals surface area contributed by atoms with E-state index in [9.17, 15) is 9.59 Å². The summed E-state index contributed by atoms with van der Waals surface area (Å²) in [7, 11) is 0. The van der Waals surface area contributed by atoms with Gasteiger partial charge in [-0.2, -0.15) is 0 Å². The van der Waals surface area contributed by atoms with Crippen LogP contribution in [0, 0.1) is 0 Å². The zero-order chi connectivity index (χ0) is 20.2. The minimum Gasteiger partial charge on any atom is -0.297 e. The summed E-state index contributed by atoms with van der Waals surface area (Å²) < 4.78 is 4.92. The van der Waals surface area contributed by atoms with Crippen LogP contribution in [-0.4, -0.2) is 13.2 Å². The number of aromatic nitrogens is 3. The van der Waals surface area contributed by atoms with Gasteiger partial charge in [-0.05, 0) is 18.2 Å². The molecule has 0 radical (unpaired) electrons. The molecule has 29 heavy (non-hydrogen) atoms. The first-order valence-corrected chi connectivity index (χ1v) is 9.18. The number of para-hydroxylation sites is 1. The molecular weight excluding hydrogens is 362 g/mol. The molecule has 0 unspecified atom stereocenters. The van der Waals surface area contributed by atoms with Crippen LogP contribution in [0.4, 0.5) is 0 Å². The van der Waals surface area contributed by atoms with Crippen molar-refractivity contribution in [2.24, 2.45) is 0 Å². The average Bonchev–Trinajstić information content (AvgIpc) is 3.23. The highest BCUT2D eigenvalue weighted by Crippen LogP contribution is 2.38. The molecule has 0 bridgehead atoms. The van der Waals surface area contributed by atoms with Crippen molar-refractivity contribution in [2.75, 3.05) is 0 Å². The zero-order valence-corrected chi connectivity index (χ0v) is 15.5. The van der Waals surface area contributed by atoms with Crippen LogP contribution >= 0.6 is 0 Å². The molecule has 4 aromatic heterocycles. The second-order valence-corrected chi connectivity index (χ2v) is 7.25. The first-order valence-electron chi connectivity index (χ1n) is 9.18. The van der Waals surface area contributed by atoms with Crippen molar-refractivity contribution in [3.05, 3.63) is 86.2 Å². The van der Waals surface area contributed by atoms with Crippen LogP contribution in [0.1, 0.15) is 11.3 Å². The van der Waals surface area contributed by atoms with Gasteiger partial charge in [0, 0.05) is 21.7 Å². The fourth-order valence-corrected chi connectivity index (χ4v) is 4.84. The quantitative estimate of drug-likeness (QED) is 0.465. The van der Waals surface area contributed by atoms with Crippen LogP contribution in [0.3, 0.4) is 0 Å². The maximum Gasteiger partial charge on any atom is 0.279 e. The van der Waals surface area contributed by atoms with Gasteiger partial charge in [0.1, 0.15) is 10.7 Å². The lowest BCUT2D eigenvalue weighted by molar-refractivity contribution is 0.934. The number of rotatable bonds is 2. The molecule has 6 aromatic rings. The third kappa shape index (κ3) is 1.51. The zero-order valence-electron chi connectivity index (χ0n) is 15.5.